The van der Waals surface area contributed by atoms with Gasteiger partial charge in [-0.15, -0.1) is 0 Å². The van der Waals surface area contributed by atoms with Crippen molar-refractivity contribution in [3.8, 4) is 0 Å². The summed E-state index contributed by atoms with van der Waals surface area (Å²) in [6.45, 7) is 6.20. The molecule has 2 rings (SSSR count). The lowest BCUT2D eigenvalue weighted by molar-refractivity contribution is -0.117. The molecule has 0 saturated carbocycles. The van der Waals surface area contributed by atoms with Gasteiger partial charge in [0.25, 0.3) is 0 Å². The third kappa shape index (κ3) is 5.61. The van der Waals surface area contributed by atoms with E-state index in [2.05, 4.69) is 49.0 Å². The third-order valence-corrected chi connectivity index (χ3v) is 4.31. The first-order valence-corrected chi connectivity index (χ1v) is 8.66. The molecule has 0 N–H and O–H groups in total. The number of anilines is 2. The molecule has 2 aromatic rings. The zero-order valence-corrected chi connectivity index (χ0v) is 16.0. The van der Waals surface area contributed by atoms with Crippen molar-refractivity contribution in [2.45, 2.75) is 13.8 Å². The normalized spacial score (nSPS) is 10.8. The van der Waals surface area contributed by atoms with Crippen molar-refractivity contribution in [2.24, 2.45) is 0 Å². The molecule has 4 nitrogen and oxygen atoms in total. The molecular weight excluding hydrogens is 310 g/mol. The maximum Gasteiger partial charge on any atom is 0.246 e. The zero-order valence-electron chi connectivity index (χ0n) is 16.0. The highest BCUT2D eigenvalue weighted by Gasteiger charge is 2.16. The second-order valence-electron chi connectivity index (χ2n) is 6.85. The smallest absolute Gasteiger partial charge is 0.246 e. The van der Waals surface area contributed by atoms with Crippen LogP contribution in [0, 0.1) is 13.8 Å². The van der Waals surface area contributed by atoms with Gasteiger partial charge in [0.05, 0.1) is 6.54 Å². The highest BCUT2D eigenvalue weighted by molar-refractivity contribution is 5.96. The first-order valence-electron chi connectivity index (χ1n) is 8.66. The molecule has 0 aromatic heterocycles. The molecule has 0 saturated heterocycles. The molecule has 1 amide bonds. The molecule has 0 aliphatic heterocycles. The molecule has 0 aliphatic carbocycles. The standard InChI is InChI=1S/C21H29N3O/c1-17-9-11-19(12-10-17)23(5)21(25)16-24(14-13-22(3)4)20-8-6-7-18(2)15-20/h6-12,15H,13-14,16H2,1-5H3. The van der Waals surface area contributed by atoms with Crippen LogP contribution in [0.3, 0.4) is 0 Å². The van der Waals surface area contributed by atoms with Crippen molar-refractivity contribution in [3.05, 3.63) is 59.7 Å². The number of likely N-dealkylation sites (N-methyl/N-ethyl adjacent to an activating group) is 2. The van der Waals surface area contributed by atoms with Crippen LogP contribution in [0.25, 0.3) is 0 Å². The summed E-state index contributed by atoms with van der Waals surface area (Å²) in [7, 11) is 5.94. The van der Waals surface area contributed by atoms with Gasteiger partial charge in [-0.25, -0.2) is 0 Å². The molecule has 0 spiro atoms. The summed E-state index contributed by atoms with van der Waals surface area (Å²) < 4.78 is 0. The molecule has 0 heterocycles. The second kappa shape index (κ2) is 8.67. The number of carbonyl (C=O) groups is 1. The molecule has 0 aliphatic rings. The average Bonchev–Trinajstić information content (AvgIpc) is 2.58. The van der Waals surface area contributed by atoms with E-state index in [1.54, 1.807) is 4.90 Å². The van der Waals surface area contributed by atoms with Gasteiger partial charge in [-0.3, -0.25) is 4.79 Å². The molecule has 0 fully saturated rings. The highest BCUT2D eigenvalue weighted by atomic mass is 16.2. The van der Waals surface area contributed by atoms with Crippen LogP contribution in [-0.4, -0.2) is 51.6 Å². The fraction of sp³-hybridized carbons (Fsp3) is 0.381. The van der Waals surface area contributed by atoms with E-state index in [-0.39, 0.29) is 5.91 Å². The maximum absolute atomic E-state index is 12.8. The molecule has 4 heteroatoms. The first-order chi connectivity index (χ1) is 11.9. The molecule has 134 valence electrons. The Bertz CT molecular complexity index is 695. The van der Waals surface area contributed by atoms with E-state index < -0.39 is 0 Å². The number of amides is 1. The van der Waals surface area contributed by atoms with E-state index in [1.807, 2.05) is 44.3 Å². The Labute approximate surface area is 151 Å². The minimum atomic E-state index is 0.0871. The Morgan fingerprint density at radius 2 is 1.52 bits per heavy atom. The Balaban J connectivity index is 2.14. The van der Waals surface area contributed by atoms with Gasteiger partial charge >= 0.3 is 0 Å². The van der Waals surface area contributed by atoms with Crippen molar-refractivity contribution in [2.75, 3.05) is 50.6 Å². The number of nitrogens with zero attached hydrogens (tertiary/aromatic N) is 3. The van der Waals surface area contributed by atoms with Crippen LogP contribution in [0.2, 0.25) is 0 Å². The summed E-state index contributed by atoms with van der Waals surface area (Å²) in [6, 6.07) is 16.4. The van der Waals surface area contributed by atoms with Crippen LogP contribution in [0.5, 0.6) is 0 Å². The summed E-state index contributed by atoms with van der Waals surface area (Å²) in [5, 5.41) is 0. The zero-order chi connectivity index (χ0) is 18.4. The number of hydrogen-bond donors (Lipinski definition) is 0. The number of benzene rings is 2. The Kier molecular flexibility index (Phi) is 6.59. The summed E-state index contributed by atoms with van der Waals surface area (Å²) in [5.74, 6) is 0.0871. The van der Waals surface area contributed by atoms with Gasteiger partial charge < -0.3 is 14.7 Å². The third-order valence-electron chi connectivity index (χ3n) is 4.31. The van der Waals surface area contributed by atoms with E-state index >= 15 is 0 Å². The van der Waals surface area contributed by atoms with Crippen molar-refractivity contribution in [3.63, 3.8) is 0 Å². The minimum Gasteiger partial charge on any atom is -0.361 e. The first kappa shape index (κ1) is 19.0. The number of aryl methyl sites for hydroxylation is 2. The maximum atomic E-state index is 12.8. The van der Waals surface area contributed by atoms with Crippen molar-refractivity contribution < 1.29 is 4.79 Å². The van der Waals surface area contributed by atoms with E-state index in [4.69, 9.17) is 0 Å². The predicted octanol–water partition coefficient (Wildman–Crippen LogP) is 3.33. The van der Waals surface area contributed by atoms with E-state index in [0.29, 0.717) is 6.54 Å². The molecule has 0 bridgehead atoms. The average molecular weight is 339 g/mol. The molecule has 2 aromatic carbocycles. The van der Waals surface area contributed by atoms with Crippen LogP contribution in [0.15, 0.2) is 48.5 Å². The lowest BCUT2D eigenvalue weighted by atomic mass is 10.2. The SMILES string of the molecule is Cc1ccc(N(C)C(=O)CN(CCN(C)C)c2cccc(C)c2)cc1. The van der Waals surface area contributed by atoms with E-state index in [0.717, 1.165) is 24.5 Å². The Hall–Kier alpha value is -2.33. The van der Waals surface area contributed by atoms with Crippen LogP contribution in [0.4, 0.5) is 11.4 Å². The fourth-order valence-corrected chi connectivity index (χ4v) is 2.63. The van der Waals surface area contributed by atoms with Crippen LogP contribution in [-0.2, 0) is 4.79 Å². The van der Waals surface area contributed by atoms with Crippen LogP contribution in [0.1, 0.15) is 11.1 Å². The predicted molar refractivity (Wildman–Crippen MR) is 107 cm³/mol. The van der Waals surface area contributed by atoms with Gasteiger partial charge in [0.2, 0.25) is 5.91 Å². The number of carbonyl (C=O) groups excluding carboxylic acids is 1. The van der Waals surface area contributed by atoms with Crippen molar-refractivity contribution in [1.82, 2.24) is 4.90 Å². The summed E-state index contributed by atoms with van der Waals surface area (Å²) in [4.78, 5) is 18.8. The summed E-state index contributed by atoms with van der Waals surface area (Å²) in [5.41, 5.74) is 4.41. The van der Waals surface area contributed by atoms with Crippen molar-refractivity contribution >= 4 is 17.3 Å². The second-order valence-corrected chi connectivity index (χ2v) is 6.85. The fourth-order valence-electron chi connectivity index (χ4n) is 2.63. The Morgan fingerprint density at radius 3 is 2.12 bits per heavy atom. The van der Waals surface area contributed by atoms with Crippen LogP contribution < -0.4 is 9.80 Å². The molecule has 0 radical (unpaired) electrons. The summed E-state index contributed by atoms with van der Waals surface area (Å²) in [6.07, 6.45) is 0. The van der Waals surface area contributed by atoms with Gasteiger partial charge in [-0.2, -0.15) is 0 Å². The summed E-state index contributed by atoms with van der Waals surface area (Å²) >= 11 is 0. The lowest BCUT2D eigenvalue weighted by Gasteiger charge is -2.28. The van der Waals surface area contributed by atoms with Gasteiger partial charge in [0, 0.05) is 31.5 Å². The molecule has 0 unspecified atom stereocenters. The van der Waals surface area contributed by atoms with Crippen molar-refractivity contribution in [1.29, 1.82) is 0 Å². The Morgan fingerprint density at radius 1 is 0.840 bits per heavy atom. The van der Waals surface area contributed by atoms with E-state index in [1.165, 1.54) is 11.1 Å². The molecular formula is C21H29N3O. The monoisotopic (exact) mass is 339 g/mol. The topological polar surface area (TPSA) is 26.8 Å². The molecule has 0 atom stereocenters. The lowest BCUT2D eigenvalue weighted by Crippen LogP contribution is -2.41. The van der Waals surface area contributed by atoms with Gasteiger partial charge in [0.1, 0.15) is 0 Å². The molecule has 25 heavy (non-hydrogen) atoms. The quantitative estimate of drug-likeness (QED) is 0.774. The van der Waals surface area contributed by atoms with Gasteiger partial charge in [-0.05, 0) is 57.8 Å². The minimum absolute atomic E-state index is 0.0871. The number of hydrogen-bond acceptors (Lipinski definition) is 3. The van der Waals surface area contributed by atoms with E-state index in [9.17, 15) is 4.79 Å². The number of rotatable bonds is 7. The largest absolute Gasteiger partial charge is 0.361 e. The van der Waals surface area contributed by atoms with Gasteiger partial charge in [-0.1, -0.05) is 29.8 Å². The van der Waals surface area contributed by atoms with Crippen LogP contribution >= 0.6 is 0 Å². The highest BCUT2D eigenvalue weighted by Crippen LogP contribution is 2.18. The van der Waals surface area contributed by atoms with Gasteiger partial charge in [0.15, 0.2) is 0 Å².